The van der Waals surface area contributed by atoms with E-state index in [2.05, 4.69) is 5.32 Å². The zero-order valence-corrected chi connectivity index (χ0v) is 16.0. The summed E-state index contributed by atoms with van der Waals surface area (Å²) in [5.41, 5.74) is 1.73. The second kappa shape index (κ2) is 8.61. The fourth-order valence-electron chi connectivity index (χ4n) is 3.46. The lowest BCUT2D eigenvalue weighted by Gasteiger charge is -2.24. The lowest BCUT2D eigenvalue weighted by molar-refractivity contribution is -0.124. The van der Waals surface area contributed by atoms with Crippen LogP contribution in [0.15, 0.2) is 84.9 Å². The molecular formula is C24H22N2O3. The van der Waals surface area contributed by atoms with E-state index in [9.17, 15) is 9.59 Å². The van der Waals surface area contributed by atoms with Crippen molar-refractivity contribution in [3.63, 3.8) is 0 Å². The monoisotopic (exact) mass is 386 g/mol. The molecule has 0 radical (unpaired) electrons. The summed E-state index contributed by atoms with van der Waals surface area (Å²) in [5.74, 6) is 1.25. The molecule has 1 aliphatic rings. The summed E-state index contributed by atoms with van der Waals surface area (Å²) in [7, 11) is 0. The number of rotatable bonds is 6. The van der Waals surface area contributed by atoms with Crippen molar-refractivity contribution in [3.8, 4) is 11.5 Å². The van der Waals surface area contributed by atoms with Gasteiger partial charge in [0.25, 0.3) is 0 Å². The molecule has 1 N–H and O–H groups in total. The van der Waals surface area contributed by atoms with E-state index in [-0.39, 0.29) is 11.8 Å². The van der Waals surface area contributed by atoms with Gasteiger partial charge in [0.2, 0.25) is 11.8 Å². The Morgan fingerprint density at radius 1 is 0.897 bits per heavy atom. The molecule has 0 aliphatic carbocycles. The van der Waals surface area contributed by atoms with E-state index >= 15 is 0 Å². The molecule has 0 saturated carbocycles. The first-order valence-corrected chi connectivity index (χ1v) is 9.67. The summed E-state index contributed by atoms with van der Waals surface area (Å²) in [4.78, 5) is 26.8. The summed E-state index contributed by atoms with van der Waals surface area (Å²) in [6, 6.07) is 26.0. The van der Waals surface area contributed by atoms with Crippen LogP contribution < -0.4 is 15.0 Å². The molecule has 1 heterocycles. The average molecular weight is 386 g/mol. The number of ether oxygens (including phenoxy) is 1. The number of anilines is 1. The van der Waals surface area contributed by atoms with Crippen LogP contribution in [-0.4, -0.2) is 17.9 Å². The lowest BCUT2D eigenvalue weighted by Crippen LogP contribution is -2.44. The third-order valence-corrected chi connectivity index (χ3v) is 4.92. The quantitative estimate of drug-likeness (QED) is 0.687. The average Bonchev–Trinajstić information content (AvgIpc) is 3.15. The molecule has 146 valence electrons. The molecule has 29 heavy (non-hydrogen) atoms. The minimum atomic E-state index is -0.493. The standard InChI is InChI=1S/C24H22N2O3/c27-23-16-15-22(24(28)25-17-18-7-3-1-4-8-18)26(23)19-11-13-21(14-12-19)29-20-9-5-2-6-10-20/h1-14,22H,15-17H2,(H,25,28). The molecule has 2 amide bonds. The van der Waals surface area contributed by atoms with Crippen molar-refractivity contribution < 1.29 is 14.3 Å². The van der Waals surface area contributed by atoms with Crippen LogP contribution in [0.4, 0.5) is 5.69 Å². The van der Waals surface area contributed by atoms with Crippen molar-refractivity contribution in [3.05, 3.63) is 90.5 Å². The summed E-state index contributed by atoms with van der Waals surface area (Å²) in [5, 5.41) is 2.95. The third kappa shape index (κ3) is 4.46. The van der Waals surface area contributed by atoms with Crippen molar-refractivity contribution in [1.29, 1.82) is 0 Å². The van der Waals surface area contributed by atoms with Gasteiger partial charge in [-0.15, -0.1) is 0 Å². The predicted molar refractivity (Wildman–Crippen MR) is 112 cm³/mol. The Kier molecular flexibility index (Phi) is 5.56. The van der Waals surface area contributed by atoms with Gasteiger partial charge in [-0.2, -0.15) is 0 Å². The number of para-hydroxylation sites is 1. The Balaban J connectivity index is 1.44. The first-order valence-electron chi connectivity index (χ1n) is 9.67. The van der Waals surface area contributed by atoms with Gasteiger partial charge in [-0.05, 0) is 48.4 Å². The Morgan fingerprint density at radius 2 is 1.52 bits per heavy atom. The van der Waals surface area contributed by atoms with Gasteiger partial charge >= 0.3 is 0 Å². The molecule has 1 saturated heterocycles. The summed E-state index contributed by atoms with van der Waals surface area (Å²) in [6.45, 7) is 0.446. The number of hydrogen-bond donors (Lipinski definition) is 1. The predicted octanol–water partition coefficient (Wildman–Crippen LogP) is 4.29. The zero-order valence-electron chi connectivity index (χ0n) is 16.0. The number of amides is 2. The molecule has 0 bridgehead atoms. The van der Waals surface area contributed by atoms with Gasteiger partial charge in [0.15, 0.2) is 0 Å². The van der Waals surface area contributed by atoms with Crippen LogP contribution in [0.5, 0.6) is 11.5 Å². The molecule has 5 heteroatoms. The molecule has 1 atom stereocenters. The van der Waals surface area contributed by atoms with E-state index in [1.165, 1.54) is 0 Å². The number of carbonyl (C=O) groups excluding carboxylic acids is 2. The van der Waals surface area contributed by atoms with E-state index in [1.807, 2.05) is 84.9 Å². The van der Waals surface area contributed by atoms with E-state index in [1.54, 1.807) is 4.90 Å². The summed E-state index contributed by atoms with van der Waals surface area (Å²) in [6.07, 6.45) is 0.882. The van der Waals surface area contributed by atoms with Crippen LogP contribution in [-0.2, 0) is 16.1 Å². The van der Waals surface area contributed by atoms with Crippen LogP contribution in [0.25, 0.3) is 0 Å². The smallest absolute Gasteiger partial charge is 0.243 e. The molecule has 1 fully saturated rings. The zero-order chi connectivity index (χ0) is 20.1. The first kappa shape index (κ1) is 18.7. The first-order chi connectivity index (χ1) is 14.2. The van der Waals surface area contributed by atoms with Crippen molar-refractivity contribution in [2.24, 2.45) is 0 Å². The summed E-state index contributed by atoms with van der Waals surface area (Å²) < 4.78 is 5.80. The Labute approximate surface area is 169 Å². The highest BCUT2D eigenvalue weighted by atomic mass is 16.5. The van der Waals surface area contributed by atoms with Gasteiger partial charge < -0.3 is 10.1 Å². The van der Waals surface area contributed by atoms with E-state index in [0.29, 0.717) is 30.8 Å². The summed E-state index contributed by atoms with van der Waals surface area (Å²) >= 11 is 0. The topological polar surface area (TPSA) is 58.6 Å². The Morgan fingerprint density at radius 3 is 2.21 bits per heavy atom. The van der Waals surface area contributed by atoms with Crippen LogP contribution in [0.1, 0.15) is 18.4 Å². The van der Waals surface area contributed by atoms with Gasteiger partial charge in [0.05, 0.1) is 0 Å². The normalized spacial score (nSPS) is 15.9. The fourth-order valence-corrected chi connectivity index (χ4v) is 3.46. The van der Waals surface area contributed by atoms with Crippen LogP contribution >= 0.6 is 0 Å². The molecule has 1 aliphatic heterocycles. The van der Waals surface area contributed by atoms with Crippen LogP contribution in [0.2, 0.25) is 0 Å². The molecule has 5 nitrogen and oxygen atoms in total. The van der Waals surface area contributed by atoms with E-state index in [4.69, 9.17) is 4.74 Å². The highest BCUT2D eigenvalue weighted by molar-refractivity contribution is 6.03. The lowest BCUT2D eigenvalue weighted by atomic mass is 10.1. The maximum Gasteiger partial charge on any atom is 0.243 e. The van der Waals surface area contributed by atoms with Crippen LogP contribution in [0, 0.1) is 0 Å². The Hall–Kier alpha value is -3.60. The SMILES string of the molecule is O=C(NCc1ccccc1)C1CCC(=O)N1c1ccc(Oc2ccccc2)cc1. The van der Waals surface area contributed by atoms with Crippen molar-refractivity contribution >= 4 is 17.5 Å². The van der Waals surface area contributed by atoms with Gasteiger partial charge in [0, 0.05) is 18.7 Å². The van der Waals surface area contributed by atoms with E-state index in [0.717, 1.165) is 11.3 Å². The number of carbonyl (C=O) groups is 2. The number of hydrogen-bond acceptors (Lipinski definition) is 3. The highest BCUT2D eigenvalue weighted by Crippen LogP contribution is 2.30. The second-order valence-corrected chi connectivity index (χ2v) is 6.93. The van der Waals surface area contributed by atoms with Crippen LogP contribution in [0.3, 0.4) is 0 Å². The second-order valence-electron chi connectivity index (χ2n) is 6.93. The maximum atomic E-state index is 12.7. The minimum Gasteiger partial charge on any atom is -0.457 e. The van der Waals surface area contributed by atoms with Gasteiger partial charge in [0.1, 0.15) is 17.5 Å². The number of nitrogens with zero attached hydrogens (tertiary/aromatic N) is 1. The largest absolute Gasteiger partial charge is 0.457 e. The molecule has 4 rings (SSSR count). The Bertz CT molecular complexity index is 972. The fraction of sp³-hybridized carbons (Fsp3) is 0.167. The highest BCUT2D eigenvalue weighted by Gasteiger charge is 2.36. The minimum absolute atomic E-state index is 0.0402. The van der Waals surface area contributed by atoms with Crippen molar-refractivity contribution in [2.75, 3.05) is 4.90 Å². The maximum absolute atomic E-state index is 12.7. The number of benzene rings is 3. The van der Waals surface area contributed by atoms with Gasteiger partial charge in [-0.3, -0.25) is 14.5 Å². The molecule has 3 aromatic carbocycles. The van der Waals surface area contributed by atoms with Gasteiger partial charge in [-0.1, -0.05) is 48.5 Å². The molecular weight excluding hydrogens is 364 g/mol. The van der Waals surface area contributed by atoms with Crippen molar-refractivity contribution in [1.82, 2.24) is 5.32 Å². The molecule has 0 spiro atoms. The van der Waals surface area contributed by atoms with E-state index < -0.39 is 6.04 Å². The number of nitrogens with one attached hydrogen (secondary N) is 1. The molecule has 3 aromatic rings. The molecule has 0 aromatic heterocycles. The van der Waals surface area contributed by atoms with Crippen molar-refractivity contribution in [2.45, 2.75) is 25.4 Å². The van der Waals surface area contributed by atoms with Gasteiger partial charge in [-0.25, -0.2) is 0 Å². The molecule has 1 unspecified atom stereocenters. The third-order valence-electron chi connectivity index (χ3n) is 4.92.